The summed E-state index contributed by atoms with van der Waals surface area (Å²) in [6.45, 7) is 11.2. The van der Waals surface area contributed by atoms with E-state index in [0.29, 0.717) is 12.0 Å². The average molecular weight is 410 g/mol. The summed E-state index contributed by atoms with van der Waals surface area (Å²) in [6.07, 6.45) is 3.81. The molecule has 0 aromatic carbocycles. The van der Waals surface area contributed by atoms with E-state index in [4.69, 9.17) is 10.5 Å². The number of likely N-dealkylation sites (tertiary alicyclic amines) is 1. The molecule has 2 fully saturated rings. The van der Waals surface area contributed by atoms with Crippen LogP contribution in [0.15, 0.2) is 4.99 Å². The molecule has 1 atom stereocenters. The molecule has 0 aromatic rings. The number of guanidine groups is 1. The second-order valence-corrected chi connectivity index (χ2v) is 6.21. The minimum atomic E-state index is 0. The number of aliphatic imine (C=N–C) groups is 1. The lowest BCUT2D eigenvalue weighted by Crippen LogP contribution is -2.48. The van der Waals surface area contributed by atoms with Gasteiger partial charge in [-0.2, -0.15) is 0 Å². The third-order valence-corrected chi connectivity index (χ3v) is 4.40. The minimum absolute atomic E-state index is 0. The Bertz CT molecular complexity index is 313. The van der Waals surface area contributed by atoms with E-state index in [9.17, 15) is 0 Å². The van der Waals surface area contributed by atoms with Gasteiger partial charge in [-0.15, -0.1) is 24.0 Å². The average Bonchev–Trinajstić information content (AvgIpc) is 2.49. The molecule has 0 radical (unpaired) electrons. The Hall–Kier alpha value is -0.0800. The van der Waals surface area contributed by atoms with Crippen molar-refractivity contribution in [1.82, 2.24) is 9.80 Å². The molecule has 2 N–H and O–H groups in total. The van der Waals surface area contributed by atoms with Crippen LogP contribution in [0.2, 0.25) is 0 Å². The zero-order valence-electron chi connectivity index (χ0n) is 13.5. The molecule has 0 saturated carbocycles. The van der Waals surface area contributed by atoms with Crippen LogP contribution < -0.4 is 5.73 Å². The summed E-state index contributed by atoms with van der Waals surface area (Å²) in [5.74, 6) is 1.33. The molecule has 21 heavy (non-hydrogen) atoms. The topological polar surface area (TPSA) is 54.1 Å². The number of halogens is 1. The molecule has 0 bridgehead atoms. The first-order valence-electron chi connectivity index (χ1n) is 8.05. The zero-order valence-corrected chi connectivity index (χ0v) is 15.8. The largest absolute Gasteiger partial charge is 0.379 e. The maximum Gasteiger partial charge on any atom is 0.191 e. The fraction of sp³-hybridized carbons (Fsp3) is 0.933. The summed E-state index contributed by atoms with van der Waals surface area (Å²) in [5, 5.41) is 0. The number of nitrogens with two attached hydrogens (primary N) is 1. The highest BCUT2D eigenvalue weighted by Gasteiger charge is 2.24. The van der Waals surface area contributed by atoms with Crippen molar-refractivity contribution in [3.63, 3.8) is 0 Å². The van der Waals surface area contributed by atoms with E-state index in [1.807, 2.05) is 0 Å². The van der Waals surface area contributed by atoms with Gasteiger partial charge in [0.05, 0.1) is 19.8 Å². The van der Waals surface area contributed by atoms with Crippen LogP contribution in [0.3, 0.4) is 0 Å². The highest BCUT2D eigenvalue weighted by molar-refractivity contribution is 14.0. The molecule has 6 heteroatoms. The van der Waals surface area contributed by atoms with Crippen molar-refractivity contribution >= 4 is 29.9 Å². The predicted octanol–water partition coefficient (Wildman–Crippen LogP) is 1.76. The number of hydrogen-bond donors (Lipinski definition) is 1. The van der Waals surface area contributed by atoms with Crippen molar-refractivity contribution < 1.29 is 4.74 Å². The Morgan fingerprint density at radius 2 is 1.71 bits per heavy atom. The van der Waals surface area contributed by atoms with Gasteiger partial charge >= 0.3 is 0 Å². The van der Waals surface area contributed by atoms with E-state index >= 15 is 0 Å². The quantitative estimate of drug-likeness (QED) is 0.436. The lowest BCUT2D eigenvalue weighted by atomic mass is 10.0. The molecule has 0 spiro atoms. The van der Waals surface area contributed by atoms with Crippen LogP contribution in [-0.4, -0.2) is 67.7 Å². The standard InChI is InChI=1S/C15H30N4O.HI/c1-13(2)14(18-8-10-20-11-9-18)12-17-15(16)19-6-4-3-5-7-19;/h13-14H,3-12H2,1-2H3,(H2,16,17);1H. The van der Waals surface area contributed by atoms with Gasteiger partial charge in [0.1, 0.15) is 0 Å². The minimum Gasteiger partial charge on any atom is -0.379 e. The van der Waals surface area contributed by atoms with Gasteiger partial charge in [0.15, 0.2) is 5.96 Å². The van der Waals surface area contributed by atoms with E-state index in [0.717, 1.165) is 51.9 Å². The van der Waals surface area contributed by atoms with Gasteiger partial charge in [-0.05, 0) is 25.2 Å². The van der Waals surface area contributed by atoms with E-state index in [1.165, 1.54) is 19.3 Å². The predicted molar refractivity (Wildman–Crippen MR) is 98.3 cm³/mol. The van der Waals surface area contributed by atoms with E-state index in [-0.39, 0.29) is 24.0 Å². The second kappa shape index (κ2) is 9.84. The van der Waals surface area contributed by atoms with E-state index in [1.54, 1.807) is 0 Å². The number of hydrogen-bond acceptors (Lipinski definition) is 3. The number of piperidine rings is 1. The first kappa shape index (κ1) is 19.0. The Morgan fingerprint density at radius 3 is 2.29 bits per heavy atom. The van der Waals surface area contributed by atoms with Crippen LogP contribution in [0.1, 0.15) is 33.1 Å². The van der Waals surface area contributed by atoms with Gasteiger partial charge in [0.25, 0.3) is 0 Å². The second-order valence-electron chi connectivity index (χ2n) is 6.21. The van der Waals surface area contributed by atoms with Gasteiger partial charge < -0.3 is 15.4 Å². The molecule has 2 aliphatic rings. The van der Waals surface area contributed by atoms with Crippen molar-refractivity contribution in [3.05, 3.63) is 0 Å². The van der Waals surface area contributed by atoms with Crippen molar-refractivity contribution in [2.45, 2.75) is 39.2 Å². The van der Waals surface area contributed by atoms with E-state index < -0.39 is 0 Å². The first-order chi connectivity index (χ1) is 9.68. The fourth-order valence-corrected chi connectivity index (χ4v) is 3.07. The summed E-state index contributed by atoms with van der Waals surface area (Å²) in [4.78, 5) is 9.42. The summed E-state index contributed by atoms with van der Waals surface area (Å²) < 4.78 is 5.44. The van der Waals surface area contributed by atoms with Crippen molar-refractivity contribution in [3.8, 4) is 0 Å². The van der Waals surface area contributed by atoms with Gasteiger partial charge in [0.2, 0.25) is 0 Å². The number of nitrogens with zero attached hydrogens (tertiary/aromatic N) is 3. The fourth-order valence-electron chi connectivity index (χ4n) is 3.07. The molecular formula is C15H31IN4O. The van der Waals surface area contributed by atoms with Gasteiger partial charge in [0, 0.05) is 32.2 Å². The van der Waals surface area contributed by atoms with Crippen LogP contribution in [0.5, 0.6) is 0 Å². The maximum atomic E-state index is 6.16. The third kappa shape index (κ3) is 5.90. The summed E-state index contributed by atoms with van der Waals surface area (Å²) >= 11 is 0. The van der Waals surface area contributed by atoms with Crippen LogP contribution in [0.25, 0.3) is 0 Å². The molecule has 2 heterocycles. The van der Waals surface area contributed by atoms with Crippen LogP contribution in [-0.2, 0) is 4.74 Å². The molecule has 0 aromatic heterocycles. The van der Waals surface area contributed by atoms with Crippen LogP contribution in [0, 0.1) is 5.92 Å². The molecule has 5 nitrogen and oxygen atoms in total. The molecule has 2 aliphatic heterocycles. The molecule has 124 valence electrons. The Morgan fingerprint density at radius 1 is 1.10 bits per heavy atom. The molecular weight excluding hydrogens is 379 g/mol. The number of ether oxygens (including phenoxy) is 1. The third-order valence-electron chi connectivity index (χ3n) is 4.40. The molecule has 2 rings (SSSR count). The lowest BCUT2D eigenvalue weighted by molar-refractivity contribution is 0.00863. The van der Waals surface area contributed by atoms with Crippen molar-refractivity contribution in [2.24, 2.45) is 16.6 Å². The first-order valence-corrected chi connectivity index (χ1v) is 8.05. The van der Waals surface area contributed by atoms with Gasteiger partial charge in [-0.1, -0.05) is 13.8 Å². The SMILES string of the molecule is CC(C)C(CN=C(N)N1CCCCC1)N1CCOCC1.I. The highest BCUT2D eigenvalue weighted by atomic mass is 127. The van der Waals surface area contributed by atoms with Gasteiger partial charge in [-0.25, -0.2) is 0 Å². The smallest absolute Gasteiger partial charge is 0.191 e. The highest BCUT2D eigenvalue weighted by Crippen LogP contribution is 2.14. The van der Waals surface area contributed by atoms with Crippen LogP contribution >= 0.6 is 24.0 Å². The molecule has 0 aliphatic carbocycles. The maximum absolute atomic E-state index is 6.16. The summed E-state index contributed by atoms with van der Waals surface area (Å²) in [7, 11) is 0. The van der Waals surface area contributed by atoms with Crippen molar-refractivity contribution in [2.75, 3.05) is 45.9 Å². The van der Waals surface area contributed by atoms with E-state index in [2.05, 4.69) is 28.6 Å². The molecule has 1 unspecified atom stereocenters. The Labute approximate surface area is 146 Å². The van der Waals surface area contributed by atoms with Crippen molar-refractivity contribution in [1.29, 1.82) is 0 Å². The zero-order chi connectivity index (χ0) is 14.4. The van der Waals surface area contributed by atoms with Crippen LogP contribution in [0.4, 0.5) is 0 Å². The molecule has 0 amide bonds. The van der Waals surface area contributed by atoms with Gasteiger partial charge in [-0.3, -0.25) is 9.89 Å². The normalized spacial score (nSPS) is 23.0. The molecule has 2 saturated heterocycles. The Balaban J connectivity index is 0.00000220. The Kier molecular flexibility index (Phi) is 8.89. The summed E-state index contributed by atoms with van der Waals surface area (Å²) in [5.41, 5.74) is 6.16. The lowest BCUT2D eigenvalue weighted by Gasteiger charge is -2.36. The monoisotopic (exact) mass is 410 g/mol. The summed E-state index contributed by atoms with van der Waals surface area (Å²) in [6, 6.07) is 0.474. The number of rotatable bonds is 4. The number of morpholine rings is 1.